The van der Waals surface area contributed by atoms with E-state index in [0.29, 0.717) is 28.8 Å². The predicted molar refractivity (Wildman–Crippen MR) is 120 cm³/mol. The molecule has 10 heteroatoms. The van der Waals surface area contributed by atoms with Crippen molar-refractivity contribution in [2.75, 3.05) is 11.1 Å². The van der Waals surface area contributed by atoms with Crippen LogP contribution in [0.1, 0.15) is 6.92 Å². The number of fused-ring (bicyclic) bond motifs is 1. The molecule has 0 radical (unpaired) electrons. The van der Waals surface area contributed by atoms with E-state index < -0.39 is 0 Å². The molecule has 4 aromatic rings. The van der Waals surface area contributed by atoms with Crippen molar-refractivity contribution in [3.05, 3.63) is 52.9 Å². The van der Waals surface area contributed by atoms with Crippen LogP contribution in [-0.4, -0.2) is 40.7 Å². The lowest BCUT2D eigenvalue weighted by atomic mass is 10.2. The van der Waals surface area contributed by atoms with Gasteiger partial charge in [0.1, 0.15) is 5.75 Å². The number of para-hydroxylation sites is 1. The topological polar surface area (TPSA) is 107 Å². The molecule has 2 N–H and O–H groups in total. The Hall–Kier alpha value is -3.53. The minimum absolute atomic E-state index is 0.117. The first kappa shape index (κ1) is 20.7. The van der Waals surface area contributed by atoms with Crippen molar-refractivity contribution in [2.24, 2.45) is 14.1 Å². The van der Waals surface area contributed by atoms with Crippen LogP contribution in [0.2, 0.25) is 0 Å². The summed E-state index contributed by atoms with van der Waals surface area (Å²) in [5.41, 5.74) is 2.64. The Labute approximate surface area is 182 Å². The van der Waals surface area contributed by atoms with Gasteiger partial charge >= 0.3 is 5.69 Å². The van der Waals surface area contributed by atoms with Gasteiger partial charge < -0.3 is 15.0 Å². The van der Waals surface area contributed by atoms with Crippen LogP contribution in [0.5, 0.6) is 5.75 Å². The molecular weight excluding hydrogens is 416 g/mol. The van der Waals surface area contributed by atoms with Crippen LogP contribution in [0.3, 0.4) is 0 Å². The van der Waals surface area contributed by atoms with E-state index in [9.17, 15) is 14.7 Å². The molecule has 0 saturated heterocycles. The number of hydrogen-bond donors (Lipinski definition) is 2. The molecule has 160 valence electrons. The molecule has 2 aromatic heterocycles. The van der Waals surface area contributed by atoms with Crippen LogP contribution in [0.4, 0.5) is 5.69 Å². The van der Waals surface area contributed by atoms with Crippen LogP contribution < -0.4 is 11.0 Å². The van der Waals surface area contributed by atoms with Gasteiger partial charge in [-0.2, -0.15) is 0 Å². The summed E-state index contributed by atoms with van der Waals surface area (Å²) in [6, 6.07) is 12.3. The quantitative estimate of drug-likeness (QED) is 0.448. The van der Waals surface area contributed by atoms with E-state index >= 15 is 0 Å². The van der Waals surface area contributed by atoms with Crippen molar-refractivity contribution in [2.45, 2.75) is 18.6 Å². The second kappa shape index (κ2) is 8.31. The van der Waals surface area contributed by atoms with Crippen LogP contribution in [0, 0.1) is 0 Å². The van der Waals surface area contributed by atoms with E-state index in [1.807, 2.05) is 23.6 Å². The summed E-state index contributed by atoms with van der Waals surface area (Å²) in [5, 5.41) is 22.0. The molecule has 0 aliphatic heterocycles. The average molecular weight is 439 g/mol. The summed E-state index contributed by atoms with van der Waals surface area (Å²) in [6.07, 6.45) is 0. The average Bonchev–Trinajstić information content (AvgIpc) is 3.27. The van der Waals surface area contributed by atoms with Gasteiger partial charge in [-0.3, -0.25) is 13.9 Å². The molecular formula is C21H22N6O3S. The molecule has 2 aromatic carbocycles. The van der Waals surface area contributed by atoms with Crippen LogP contribution in [0.15, 0.2) is 52.4 Å². The summed E-state index contributed by atoms with van der Waals surface area (Å²) in [6.45, 7) is 2.55. The minimum atomic E-state index is -0.194. The summed E-state index contributed by atoms with van der Waals surface area (Å²) in [7, 11) is 3.42. The number of nitrogens with zero attached hydrogens (tertiary/aromatic N) is 5. The van der Waals surface area contributed by atoms with Crippen molar-refractivity contribution < 1.29 is 9.90 Å². The van der Waals surface area contributed by atoms with Crippen molar-refractivity contribution in [3.63, 3.8) is 0 Å². The number of nitrogens with one attached hydrogen (secondary N) is 1. The number of rotatable bonds is 6. The van der Waals surface area contributed by atoms with Gasteiger partial charge in [-0.1, -0.05) is 23.9 Å². The lowest BCUT2D eigenvalue weighted by molar-refractivity contribution is -0.113. The summed E-state index contributed by atoms with van der Waals surface area (Å²) >= 11 is 1.27. The third-order valence-electron chi connectivity index (χ3n) is 5.07. The number of amides is 1. The molecule has 0 aliphatic rings. The SMILES string of the molecule is CCn1c(SCC(=O)Nc2ccc3c(c2)n(C)c(=O)n3C)nnc1-c1ccccc1O. The number of phenolic OH excluding ortho intramolecular Hbond substituents is 1. The highest BCUT2D eigenvalue weighted by Crippen LogP contribution is 2.30. The maximum atomic E-state index is 12.5. The normalized spacial score (nSPS) is 11.2. The molecule has 0 fully saturated rings. The van der Waals surface area contributed by atoms with Gasteiger partial charge in [0, 0.05) is 26.3 Å². The summed E-state index contributed by atoms with van der Waals surface area (Å²) in [5.74, 6) is 0.633. The molecule has 0 atom stereocenters. The molecule has 1 amide bonds. The molecule has 0 unspecified atom stereocenters. The van der Waals surface area contributed by atoms with Crippen LogP contribution in [0.25, 0.3) is 22.4 Å². The summed E-state index contributed by atoms with van der Waals surface area (Å²) in [4.78, 5) is 24.6. The molecule has 2 heterocycles. The number of thioether (sulfide) groups is 1. The second-order valence-electron chi connectivity index (χ2n) is 7.01. The number of imidazole rings is 1. The Balaban J connectivity index is 1.48. The number of hydrogen-bond acceptors (Lipinski definition) is 6. The van der Waals surface area contributed by atoms with E-state index in [0.717, 1.165) is 11.0 Å². The van der Waals surface area contributed by atoms with Gasteiger partial charge in [-0.25, -0.2) is 4.79 Å². The Kier molecular flexibility index (Phi) is 5.55. The highest BCUT2D eigenvalue weighted by molar-refractivity contribution is 7.99. The van der Waals surface area contributed by atoms with Crippen molar-refractivity contribution >= 4 is 34.4 Å². The number of aromatic nitrogens is 5. The van der Waals surface area contributed by atoms with Gasteiger partial charge in [0.15, 0.2) is 11.0 Å². The number of carbonyl (C=O) groups is 1. The van der Waals surface area contributed by atoms with Gasteiger partial charge in [-0.15, -0.1) is 10.2 Å². The fourth-order valence-electron chi connectivity index (χ4n) is 3.45. The van der Waals surface area contributed by atoms with Crippen molar-refractivity contribution in [1.29, 1.82) is 0 Å². The van der Waals surface area contributed by atoms with Gasteiger partial charge in [0.25, 0.3) is 0 Å². The Bertz CT molecular complexity index is 1340. The van der Waals surface area contributed by atoms with E-state index in [-0.39, 0.29) is 23.1 Å². The number of anilines is 1. The molecule has 4 rings (SSSR count). The highest BCUT2D eigenvalue weighted by atomic mass is 32.2. The Morgan fingerprint density at radius 2 is 1.84 bits per heavy atom. The van der Waals surface area contributed by atoms with Gasteiger partial charge in [-0.05, 0) is 37.3 Å². The molecule has 0 bridgehead atoms. The van der Waals surface area contributed by atoms with E-state index in [1.54, 1.807) is 53.6 Å². The van der Waals surface area contributed by atoms with Crippen LogP contribution >= 0.6 is 11.8 Å². The first-order chi connectivity index (χ1) is 14.9. The van der Waals surface area contributed by atoms with E-state index in [2.05, 4.69) is 15.5 Å². The molecule has 0 spiro atoms. The number of carbonyl (C=O) groups excluding carboxylic acids is 1. The lowest BCUT2D eigenvalue weighted by Gasteiger charge is -2.09. The Morgan fingerprint density at radius 3 is 2.58 bits per heavy atom. The van der Waals surface area contributed by atoms with E-state index in [4.69, 9.17) is 0 Å². The van der Waals surface area contributed by atoms with Crippen molar-refractivity contribution in [1.82, 2.24) is 23.9 Å². The second-order valence-corrected chi connectivity index (χ2v) is 7.95. The number of aryl methyl sites for hydroxylation is 2. The Morgan fingerprint density at radius 1 is 1.10 bits per heavy atom. The zero-order valence-electron chi connectivity index (χ0n) is 17.4. The van der Waals surface area contributed by atoms with Crippen LogP contribution in [-0.2, 0) is 25.4 Å². The molecule has 31 heavy (non-hydrogen) atoms. The zero-order chi connectivity index (χ0) is 22.1. The number of benzene rings is 2. The fourth-order valence-corrected chi connectivity index (χ4v) is 4.26. The highest BCUT2D eigenvalue weighted by Gasteiger charge is 2.17. The third-order valence-corrected chi connectivity index (χ3v) is 6.03. The zero-order valence-corrected chi connectivity index (χ0v) is 18.2. The molecule has 0 aliphatic carbocycles. The standard InChI is InChI=1S/C21H22N6O3S/c1-4-27-19(14-7-5-6-8-17(14)28)23-24-20(27)31-12-18(29)22-13-9-10-15-16(11-13)26(3)21(30)25(15)2/h5-11,28H,4,12H2,1-3H3,(H,22,29). The predicted octanol–water partition coefficient (Wildman–Crippen LogP) is 2.59. The number of phenols is 1. The third kappa shape index (κ3) is 3.81. The summed E-state index contributed by atoms with van der Waals surface area (Å²) < 4.78 is 4.97. The number of aromatic hydroxyl groups is 1. The largest absolute Gasteiger partial charge is 0.507 e. The molecule has 9 nitrogen and oxygen atoms in total. The van der Waals surface area contributed by atoms with Gasteiger partial charge in [0.05, 0.1) is 22.3 Å². The maximum Gasteiger partial charge on any atom is 0.328 e. The monoisotopic (exact) mass is 438 g/mol. The molecule has 0 saturated carbocycles. The minimum Gasteiger partial charge on any atom is -0.507 e. The smallest absolute Gasteiger partial charge is 0.328 e. The van der Waals surface area contributed by atoms with Crippen molar-refractivity contribution in [3.8, 4) is 17.1 Å². The lowest BCUT2D eigenvalue weighted by Crippen LogP contribution is -2.19. The first-order valence-electron chi connectivity index (χ1n) is 9.70. The first-order valence-corrected chi connectivity index (χ1v) is 10.7. The van der Waals surface area contributed by atoms with Gasteiger partial charge in [0.2, 0.25) is 5.91 Å². The van der Waals surface area contributed by atoms with E-state index in [1.165, 1.54) is 11.8 Å². The fraction of sp³-hybridized carbons (Fsp3) is 0.238. The maximum absolute atomic E-state index is 12.5.